The number of aromatic nitrogens is 1. The molecule has 6 heteroatoms. The van der Waals surface area contributed by atoms with Crippen molar-refractivity contribution in [3.8, 4) is 5.75 Å². The Morgan fingerprint density at radius 3 is 2.78 bits per heavy atom. The summed E-state index contributed by atoms with van der Waals surface area (Å²) in [7, 11) is 1.54. The van der Waals surface area contributed by atoms with E-state index in [2.05, 4.69) is 4.98 Å². The second-order valence-electron chi connectivity index (χ2n) is 5.04. The maximum absolute atomic E-state index is 12.6. The van der Waals surface area contributed by atoms with Gasteiger partial charge in [0.05, 0.1) is 17.8 Å². The zero-order valence-electron chi connectivity index (χ0n) is 12.3. The summed E-state index contributed by atoms with van der Waals surface area (Å²) in [6.45, 7) is 0. The number of methoxy groups -OCH3 is 1. The first-order valence-electron chi connectivity index (χ1n) is 6.85. The number of halogens is 1. The van der Waals surface area contributed by atoms with Crippen molar-refractivity contribution in [1.29, 1.82) is 5.41 Å². The summed E-state index contributed by atoms with van der Waals surface area (Å²) in [4.78, 5) is 15.7. The number of hydrogen-bond acceptors (Lipinski definition) is 4. The van der Waals surface area contributed by atoms with Gasteiger partial charge in [-0.3, -0.25) is 4.79 Å². The molecule has 0 saturated carbocycles. The Morgan fingerprint density at radius 1 is 1.30 bits per heavy atom. The molecule has 0 radical (unpaired) electrons. The van der Waals surface area contributed by atoms with E-state index < -0.39 is 0 Å². The standard InChI is InChI=1S/C17H14ClN3O2/c1-23-15-5-4-13-11(16(15)18)7-14(21-13)17(22)9-2-3-12(20)10(6-9)8-19/h2-8,19,21H,20H2,1H3. The largest absolute Gasteiger partial charge is 0.495 e. The van der Waals surface area contributed by atoms with E-state index in [1.807, 2.05) is 6.07 Å². The molecule has 3 rings (SSSR count). The first-order valence-corrected chi connectivity index (χ1v) is 7.23. The van der Waals surface area contributed by atoms with E-state index in [1.165, 1.54) is 0 Å². The molecule has 0 bridgehead atoms. The van der Waals surface area contributed by atoms with Gasteiger partial charge in [0.25, 0.3) is 0 Å². The van der Waals surface area contributed by atoms with Gasteiger partial charge < -0.3 is 20.9 Å². The summed E-state index contributed by atoms with van der Waals surface area (Å²) in [6.07, 6.45) is 1.12. The smallest absolute Gasteiger partial charge is 0.209 e. The Hall–Kier alpha value is -2.79. The number of benzene rings is 2. The average Bonchev–Trinajstić information content (AvgIpc) is 3.00. The van der Waals surface area contributed by atoms with Crippen molar-refractivity contribution in [2.75, 3.05) is 12.8 Å². The van der Waals surface area contributed by atoms with Crippen LogP contribution in [0.25, 0.3) is 10.9 Å². The van der Waals surface area contributed by atoms with Gasteiger partial charge in [0, 0.05) is 33.9 Å². The summed E-state index contributed by atoms with van der Waals surface area (Å²) in [5, 5.41) is 8.51. The Morgan fingerprint density at radius 2 is 2.09 bits per heavy atom. The highest BCUT2D eigenvalue weighted by molar-refractivity contribution is 6.37. The highest BCUT2D eigenvalue weighted by Crippen LogP contribution is 2.33. The van der Waals surface area contributed by atoms with Crippen LogP contribution in [0.4, 0.5) is 5.69 Å². The third-order valence-corrected chi connectivity index (χ3v) is 4.06. The number of anilines is 1. The molecule has 0 saturated heterocycles. The zero-order chi connectivity index (χ0) is 16.6. The van der Waals surface area contributed by atoms with Crippen LogP contribution in [0, 0.1) is 5.41 Å². The van der Waals surface area contributed by atoms with Crippen LogP contribution in [0.15, 0.2) is 36.4 Å². The summed E-state index contributed by atoms with van der Waals surface area (Å²) in [5.74, 6) is 0.357. The molecule has 2 aromatic carbocycles. The number of ether oxygens (including phenoxy) is 1. The predicted molar refractivity (Wildman–Crippen MR) is 92.0 cm³/mol. The number of nitrogens with one attached hydrogen (secondary N) is 2. The molecule has 23 heavy (non-hydrogen) atoms. The van der Waals surface area contributed by atoms with Gasteiger partial charge in [-0.2, -0.15) is 0 Å². The number of fused-ring (bicyclic) bond motifs is 1. The third-order valence-electron chi connectivity index (χ3n) is 3.67. The van der Waals surface area contributed by atoms with Gasteiger partial charge in [0.1, 0.15) is 5.75 Å². The zero-order valence-corrected chi connectivity index (χ0v) is 13.1. The summed E-state index contributed by atoms with van der Waals surface area (Å²) in [6, 6.07) is 10.1. The van der Waals surface area contributed by atoms with Crippen molar-refractivity contribution in [3.05, 3.63) is 58.2 Å². The molecule has 0 fully saturated rings. The third kappa shape index (κ3) is 2.55. The number of nitrogens with two attached hydrogens (primary N) is 1. The van der Waals surface area contributed by atoms with Crippen LogP contribution >= 0.6 is 11.6 Å². The quantitative estimate of drug-likeness (QED) is 0.388. The fourth-order valence-electron chi connectivity index (χ4n) is 2.43. The van der Waals surface area contributed by atoms with Gasteiger partial charge in [-0.05, 0) is 36.4 Å². The number of hydrogen-bond donors (Lipinski definition) is 3. The lowest BCUT2D eigenvalue weighted by molar-refractivity contribution is 0.103. The maximum atomic E-state index is 12.6. The average molecular weight is 328 g/mol. The highest BCUT2D eigenvalue weighted by atomic mass is 35.5. The second kappa shape index (κ2) is 5.78. The molecule has 0 aliphatic heterocycles. The van der Waals surface area contributed by atoms with Crippen LogP contribution in [-0.4, -0.2) is 24.1 Å². The number of aromatic amines is 1. The fourth-order valence-corrected chi connectivity index (χ4v) is 2.72. The van der Waals surface area contributed by atoms with Crippen molar-refractivity contribution in [2.45, 2.75) is 0 Å². The Balaban J connectivity index is 2.08. The fraction of sp³-hybridized carbons (Fsp3) is 0.0588. The number of rotatable bonds is 4. The van der Waals surface area contributed by atoms with Crippen LogP contribution < -0.4 is 10.5 Å². The van der Waals surface area contributed by atoms with Crippen LogP contribution in [0.2, 0.25) is 5.02 Å². The Kier molecular flexibility index (Phi) is 3.80. The van der Waals surface area contributed by atoms with Gasteiger partial charge in [-0.25, -0.2) is 0 Å². The van der Waals surface area contributed by atoms with Gasteiger partial charge in [0.15, 0.2) is 0 Å². The minimum Gasteiger partial charge on any atom is -0.495 e. The molecule has 3 aromatic rings. The van der Waals surface area contributed by atoms with Crippen molar-refractivity contribution in [1.82, 2.24) is 4.98 Å². The monoisotopic (exact) mass is 327 g/mol. The molecule has 0 aliphatic rings. The lowest BCUT2D eigenvalue weighted by Gasteiger charge is -2.03. The van der Waals surface area contributed by atoms with E-state index in [4.69, 9.17) is 27.5 Å². The first kappa shape index (κ1) is 15.1. The van der Waals surface area contributed by atoms with E-state index in [-0.39, 0.29) is 5.78 Å². The lowest BCUT2D eigenvalue weighted by Crippen LogP contribution is -2.04. The van der Waals surface area contributed by atoms with Gasteiger partial charge >= 0.3 is 0 Å². The van der Waals surface area contributed by atoms with Gasteiger partial charge in [-0.1, -0.05) is 11.6 Å². The highest BCUT2D eigenvalue weighted by Gasteiger charge is 2.16. The summed E-state index contributed by atoms with van der Waals surface area (Å²) in [5.41, 5.74) is 8.33. The molecule has 1 aromatic heterocycles. The van der Waals surface area contributed by atoms with Crippen molar-refractivity contribution >= 4 is 40.2 Å². The van der Waals surface area contributed by atoms with Gasteiger partial charge in [-0.15, -0.1) is 0 Å². The molecule has 0 spiro atoms. The normalized spacial score (nSPS) is 10.7. The van der Waals surface area contributed by atoms with E-state index in [0.29, 0.717) is 33.3 Å². The van der Waals surface area contributed by atoms with Crippen molar-refractivity contribution < 1.29 is 9.53 Å². The number of carbonyl (C=O) groups is 1. The summed E-state index contributed by atoms with van der Waals surface area (Å²) < 4.78 is 5.18. The molecule has 0 aliphatic carbocycles. The predicted octanol–water partition coefficient (Wildman–Crippen LogP) is 3.64. The van der Waals surface area contributed by atoms with E-state index >= 15 is 0 Å². The Bertz CT molecular complexity index is 931. The van der Waals surface area contributed by atoms with Crippen LogP contribution in [0.5, 0.6) is 5.75 Å². The molecular weight excluding hydrogens is 314 g/mol. The molecule has 116 valence electrons. The number of ketones is 1. The van der Waals surface area contributed by atoms with Gasteiger partial charge in [0.2, 0.25) is 5.78 Å². The van der Waals surface area contributed by atoms with E-state index in [1.54, 1.807) is 37.4 Å². The Labute approximate surface area is 137 Å². The van der Waals surface area contributed by atoms with Crippen LogP contribution in [0.3, 0.4) is 0 Å². The lowest BCUT2D eigenvalue weighted by atomic mass is 10.0. The molecule has 5 nitrogen and oxygen atoms in total. The van der Waals surface area contributed by atoms with Crippen molar-refractivity contribution in [3.63, 3.8) is 0 Å². The van der Waals surface area contributed by atoms with E-state index in [0.717, 1.165) is 17.1 Å². The summed E-state index contributed by atoms with van der Waals surface area (Å²) >= 11 is 6.27. The molecule has 0 unspecified atom stereocenters. The van der Waals surface area contributed by atoms with Crippen molar-refractivity contribution in [2.24, 2.45) is 0 Å². The molecule has 4 N–H and O–H groups in total. The molecule has 0 atom stereocenters. The SMILES string of the molecule is COc1ccc2[nH]c(C(=O)c3ccc(N)c(C=N)c3)cc2c1Cl. The molecular formula is C17H14ClN3O2. The maximum Gasteiger partial charge on any atom is 0.209 e. The number of carbonyl (C=O) groups excluding carboxylic acids is 1. The minimum atomic E-state index is -0.195. The number of nitrogen functional groups attached to an aromatic ring is 1. The van der Waals surface area contributed by atoms with E-state index in [9.17, 15) is 4.79 Å². The molecule has 0 amide bonds. The number of H-pyrrole nitrogens is 1. The van der Waals surface area contributed by atoms with Crippen LogP contribution in [0.1, 0.15) is 21.6 Å². The van der Waals surface area contributed by atoms with Crippen LogP contribution in [-0.2, 0) is 0 Å². The molecule has 1 heterocycles. The topological polar surface area (TPSA) is 92.0 Å². The minimum absolute atomic E-state index is 0.195. The second-order valence-corrected chi connectivity index (χ2v) is 5.42. The first-order chi connectivity index (χ1) is 11.0.